The van der Waals surface area contributed by atoms with Crippen LogP contribution in [-0.2, 0) is 0 Å². The second-order valence-electron chi connectivity index (χ2n) is 4.97. The Balaban J connectivity index is 2.42. The second-order valence-corrected chi connectivity index (χ2v) is 5.82. The van der Waals surface area contributed by atoms with Crippen molar-refractivity contribution in [1.29, 1.82) is 0 Å². The van der Waals surface area contributed by atoms with Gasteiger partial charge < -0.3 is 11.1 Å². The van der Waals surface area contributed by atoms with Crippen LogP contribution >= 0.6 is 15.9 Å². The van der Waals surface area contributed by atoms with Crippen LogP contribution in [0.2, 0.25) is 0 Å². The lowest BCUT2D eigenvalue weighted by atomic mass is 10.0. The van der Waals surface area contributed by atoms with Crippen LogP contribution in [0.4, 0.5) is 11.5 Å². The van der Waals surface area contributed by atoms with E-state index in [-0.39, 0.29) is 0 Å². The van der Waals surface area contributed by atoms with Gasteiger partial charge in [-0.05, 0) is 41.3 Å². The number of halogens is 1. The highest BCUT2D eigenvalue weighted by Gasteiger charge is 2.07. The monoisotopic (exact) mass is 299 g/mol. The van der Waals surface area contributed by atoms with Gasteiger partial charge in [-0.15, -0.1) is 0 Å². The summed E-state index contributed by atoms with van der Waals surface area (Å²) in [6.07, 6.45) is 5.37. The van der Waals surface area contributed by atoms with E-state index < -0.39 is 0 Å². The van der Waals surface area contributed by atoms with Crippen molar-refractivity contribution in [3.8, 4) is 0 Å². The lowest BCUT2D eigenvalue weighted by molar-refractivity contribution is 0.520. The number of aromatic nitrogens is 1. The molecule has 3 N–H and O–H groups in total. The number of pyridine rings is 1. The Labute approximate surface area is 112 Å². The second kappa shape index (κ2) is 6.84. The summed E-state index contributed by atoms with van der Waals surface area (Å²) in [6.45, 7) is 6.71. The SMILES string of the molecule is CC(C)CCCC(C)Nc1ncc(N)cc1Br. The Bertz CT molecular complexity index is 353. The van der Waals surface area contributed by atoms with Gasteiger partial charge in [0.1, 0.15) is 5.82 Å². The maximum absolute atomic E-state index is 5.65. The maximum Gasteiger partial charge on any atom is 0.140 e. The van der Waals surface area contributed by atoms with Gasteiger partial charge in [-0.25, -0.2) is 4.98 Å². The number of anilines is 2. The van der Waals surface area contributed by atoms with E-state index in [1.54, 1.807) is 6.20 Å². The van der Waals surface area contributed by atoms with Gasteiger partial charge >= 0.3 is 0 Å². The van der Waals surface area contributed by atoms with Crippen LogP contribution in [0.25, 0.3) is 0 Å². The van der Waals surface area contributed by atoms with Crippen LogP contribution in [0.1, 0.15) is 40.0 Å². The molecule has 4 heteroatoms. The molecular formula is C13H22BrN3. The van der Waals surface area contributed by atoms with Crippen molar-refractivity contribution in [3.63, 3.8) is 0 Å². The third-order valence-electron chi connectivity index (χ3n) is 2.66. The fraction of sp³-hybridized carbons (Fsp3) is 0.615. The molecule has 1 atom stereocenters. The molecule has 96 valence electrons. The lowest BCUT2D eigenvalue weighted by Crippen LogP contribution is -2.16. The zero-order valence-corrected chi connectivity index (χ0v) is 12.4. The van der Waals surface area contributed by atoms with Crippen LogP contribution in [-0.4, -0.2) is 11.0 Å². The highest BCUT2D eigenvalue weighted by Crippen LogP contribution is 2.23. The van der Waals surface area contributed by atoms with E-state index in [2.05, 4.69) is 47.0 Å². The van der Waals surface area contributed by atoms with Crippen molar-refractivity contribution < 1.29 is 0 Å². The van der Waals surface area contributed by atoms with Crippen molar-refractivity contribution >= 4 is 27.4 Å². The van der Waals surface area contributed by atoms with Crippen LogP contribution < -0.4 is 11.1 Å². The smallest absolute Gasteiger partial charge is 0.140 e. The van der Waals surface area contributed by atoms with E-state index >= 15 is 0 Å². The van der Waals surface area contributed by atoms with Crippen molar-refractivity contribution in [1.82, 2.24) is 4.98 Å². The van der Waals surface area contributed by atoms with E-state index in [1.807, 2.05) is 6.07 Å². The van der Waals surface area contributed by atoms with Gasteiger partial charge in [0, 0.05) is 6.04 Å². The average Bonchev–Trinajstić information content (AvgIpc) is 2.21. The molecule has 17 heavy (non-hydrogen) atoms. The largest absolute Gasteiger partial charge is 0.397 e. The lowest BCUT2D eigenvalue weighted by Gasteiger charge is -2.16. The highest BCUT2D eigenvalue weighted by atomic mass is 79.9. The fourth-order valence-electron chi connectivity index (χ4n) is 1.70. The minimum absolute atomic E-state index is 0.432. The summed E-state index contributed by atoms with van der Waals surface area (Å²) < 4.78 is 0.924. The molecule has 0 aliphatic rings. The molecule has 1 unspecified atom stereocenters. The normalized spacial score (nSPS) is 12.8. The topological polar surface area (TPSA) is 50.9 Å². The third kappa shape index (κ3) is 5.39. The molecule has 0 saturated heterocycles. The first kappa shape index (κ1) is 14.3. The van der Waals surface area contributed by atoms with Gasteiger partial charge in [-0.2, -0.15) is 0 Å². The number of nitrogens with zero attached hydrogens (tertiary/aromatic N) is 1. The van der Waals surface area contributed by atoms with Crippen LogP contribution in [0.15, 0.2) is 16.7 Å². The molecule has 1 aromatic heterocycles. The maximum atomic E-state index is 5.65. The Kier molecular flexibility index (Phi) is 5.75. The first-order valence-electron chi connectivity index (χ1n) is 6.16. The predicted molar refractivity (Wildman–Crippen MR) is 78.1 cm³/mol. The molecule has 1 rings (SSSR count). The summed E-state index contributed by atoms with van der Waals surface area (Å²) in [5.41, 5.74) is 6.33. The molecule has 1 aromatic rings. The zero-order chi connectivity index (χ0) is 12.8. The summed E-state index contributed by atoms with van der Waals surface area (Å²) >= 11 is 3.46. The molecule has 0 aliphatic heterocycles. The average molecular weight is 300 g/mol. The Hall–Kier alpha value is -0.770. The first-order chi connectivity index (χ1) is 7.99. The van der Waals surface area contributed by atoms with E-state index in [1.165, 1.54) is 12.8 Å². The molecule has 0 fully saturated rings. The van der Waals surface area contributed by atoms with Crippen molar-refractivity contribution in [2.24, 2.45) is 5.92 Å². The Morgan fingerprint density at radius 3 is 2.65 bits per heavy atom. The summed E-state index contributed by atoms with van der Waals surface area (Å²) in [6, 6.07) is 2.30. The summed E-state index contributed by atoms with van der Waals surface area (Å²) in [7, 11) is 0. The molecule has 0 aromatic carbocycles. The van der Waals surface area contributed by atoms with Gasteiger partial charge in [0.25, 0.3) is 0 Å². The quantitative estimate of drug-likeness (QED) is 0.833. The predicted octanol–water partition coefficient (Wildman–Crippen LogP) is 4.05. The number of hydrogen-bond donors (Lipinski definition) is 2. The number of nitrogen functional groups attached to an aromatic ring is 1. The minimum Gasteiger partial charge on any atom is -0.397 e. The van der Waals surface area contributed by atoms with Crippen LogP contribution in [0, 0.1) is 5.92 Å². The highest BCUT2D eigenvalue weighted by molar-refractivity contribution is 9.10. The van der Waals surface area contributed by atoms with Gasteiger partial charge in [0.05, 0.1) is 16.4 Å². The summed E-state index contributed by atoms with van der Waals surface area (Å²) in [5, 5.41) is 3.40. The number of nitrogens with one attached hydrogen (secondary N) is 1. The molecule has 0 radical (unpaired) electrons. The van der Waals surface area contributed by atoms with E-state index in [0.717, 1.165) is 22.6 Å². The summed E-state index contributed by atoms with van der Waals surface area (Å²) in [4.78, 5) is 4.28. The molecule has 1 heterocycles. The van der Waals surface area contributed by atoms with Crippen molar-refractivity contribution in [3.05, 3.63) is 16.7 Å². The van der Waals surface area contributed by atoms with Gasteiger partial charge in [-0.3, -0.25) is 0 Å². The fourth-order valence-corrected chi connectivity index (χ4v) is 2.18. The first-order valence-corrected chi connectivity index (χ1v) is 6.96. The number of nitrogens with two attached hydrogens (primary N) is 1. The molecule has 3 nitrogen and oxygen atoms in total. The van der Waals surface area contributed by atoms with Gasteiger partial charge in [-0.1, -0.05) is 26.7 Å². The summed E-state index contributed by atoms with van der Waals surface area (Å²) in [5.74, 6) is 1.65. The minimum atomic E-state index is 0.432. The molecule has 0 bridgehead atoms. The molecule has 0 aliphatic carbocycles. The van der Waals surface area contributed by atoms with E-state index in [0.29, 0.717) is 11.7 Å². The molecule has 0 spiro atoms. The van der Waals surface area contributed by atoms with Crippen molar-refractivity contribution in [2.75, 3.05) is 11.1 Å². The molecular weight excluding hydrogens is 278 g/mol. The Morgan fingerprint density at radius 2 is 2.06 bits per heavy atom. The van der Waals surface area contributed by atoms with Crippen molar-refractivity contribution in [2.45, 2.75) is 46.1 Å². The van der Waals surface area contributed by atoms with Crippen LogP contribution in [0.3, 0.4) is 0 Å². The third-order valence-corrected chi connectivity index (χ3v) is 3.27. The number of rotatable bonds is 6. The molecule has 0 amide bonds. The van der Waals surface area contributed by atoms with Gasteiger partial charge in [0.15, 0.2) is 0 Å². The number of hydrogen-bond acceptors (Lipinski definition) is 3. The molecule has 0 saturated carbocycles. The van der Waals surface area contributed by atoms with Crippen LogP contribution in [0.5, 0.6) is 0 Å². The Morgan fingerprint density at radius 1 is 1.35 bits per heavy atom. The van der Waals surface area contributed by atoms with E-state index in [4.69, 9.17) is 5.73 Å². The zero-order valence-electron chi connectivity index (χ0n) is 10.8. The van der Waals surface area contributed by atoms with E-state index in [9.17, 15) is 0 Å². The standard InChI is InChI=1S/C13H22BrN3/c1-9(2)5-4-6-10(3)17-13-12(14)7-11(15)8-16-13/h7-10H,4-6,15H2,1-3H3,(H,16,17). The van der Waals surface area contributed by atoms with Gasteiger partial charge in [0.2, 0.25) is 0 Å².